The third-order valence-corrected chi connectivity index (χ3v) is 3.08. The van der Waals surface area contributed by atoms with Gasteiger partial charge in [0.1, 0.15) is 5.82 Å². The van der Waals surface area contributed by atoms with Gasteiger partial charge in [-0.05, 0) is 24.0 Å². The Labute approximate surface area is 113 Å². The van der Waals surface area contributed by atoms with E-state index in [1.54, 1.807) is 18.2 Å². The van der Waals surface area contributed by atoms with Crippen LogP contribution in [0.5, 0.6) is 0 Å². The quantitative estimate of drug-likeness (QED) is 0.797. The number of benzene rings is 1. The molecule has 1 rings (SSSR count). The van der Waals surface area contributed by atoms with Crippen LogP contribution in [0, 0.1) is 5.82 Å². The average Bonchev–Trinajstić information content (AvgIpc) is 2.37. The molecule has 3 nitrogen and oxygen atoms in total. The molecule has 0 spiro atoms. The van der Waals surface area contributed by atoms with Crippen LogP contribution in [-0.4, -0.2) is 23.7 Å². The molecule has 0 saturated heterocycles. The predicted octanol–water partition coefficient (Wildman–Crippen LogP) is 2.60. The fourth-order valence-corrected chi connectivity index (χ4v) is 2.00. The van der Waals surface area contributed by atoms with Crippen molar-refractivity contribution < 1.29 is 14.3 Å². The molecule has 0 aliphatic heterocycles. The van der Waals surface area contributed by atoms with E-state index in [0.717, 1.165) is 6.42 Å². The third-order valence-electron chi connectivity index (χ3n) is 3.08. The van der Waals surface area contributed by atoms with Gasteiger partial charge in [-0.3, -0.25) is 4.79 Å². The first-order valence-electron chi connectivity index (χ1n) is 6.73. The summed E-state index contributed by atoms with van der Waals surface area (Å²) < 4.78 is 13.5. The van der Waals surface area contributed by atoms with E-state index >= 15 is 0 Å². The normalized spacial score (nSPS) is 13.9. The van der Waals surface area contributed by atoms with Gasteiger partial charge in [0.05, 0.1) is 6.10 Å². The number of carbonyl (C=O) groups is 1. The van der Waals surface area contributed by atoms with Crippen LogP contribution in [-0.2, 0) is 4.79 Å². The minimum absolute atomic E-state index is 0.161. The van der Waals surface area contributed by atoms with E-state index in [1.165, 1.54) is 6.07 Å². The molecule has 0 radical (unpaired) electrons. The highest BCUT2D eigenvalue weighted by Gasteiger charge is 2.15. The molecule has 4 heteroatoms. The number of amides is 1. The summed E-state index contributed by atoms with van der Waals surface area (Å²) in [6, 6.07) is 6.48. The predicted molar refractivity (Wildman–Crippen MR) is 73.4 cm³/mol. The molecule has 0 bridgehead atoms. The first-order valence-corrected chi connectivity index (χ1v) is 6.73. The Hall–Kier alpha value is -1.42. The Bertz CT molecular complexity index is 409. The first-order chi connectivity index (χ1) is 9.04. The maximum atomic E-state index is 13.5. The topological polar surface area (TPSA) is 49.3 Å². The van der Waals surface area contributed by atoms with Crippen molar-refractivity contribution in [2.24, 2.45) is 0 Å². The number of hydrogen-bond donors (Lipinski definition) is 2. The molecule has 0 aliphatic carbocycles. The fraction of sp³-hybridized carbons (Fsp3) is 0.533. The summed E-state index contributed by atoms with van der Waals surface area (Å²) in [7, 11) is 0. The van der Waals surface area contributed by atoms with E-state index in [4.69, 9.17) is 0 Å². The molecule has 0 fully saturated rings. The van der Waals surface area contributed by atoms with Crippen LogP contribution in [0.15, 0.2) is 24.3 Å². The molecule has 1 amide bonds. The van der Waals surface area contributed by atoms with Crippen LogP contribution in [0.2, 0.25) is 0 Å². The van der Waals surface area contributed by atoms with Crippen molar-refractivity contribution in [3.8, 4) is 0 Å². The van der Waals surface area contributed by atoms with Gasteiger partial charge in [-0.2, -0.15) is 0 Å². The van der Waals surface area contributed by atoms with Gasteiger partial charge >= 0.3 is 0 Å². The van der Waals surface area contributed by atoms with Gasteiger partial charge in [0.25, 0.3) is 0 Å². The van der Waals surface area contributed by atoms with E-state index < -0.39 is 6.10 Å². The summed E-state index contributed by atoms with van der Waals surface area (Å²) >= 11 is 0. The maximum absolute atomic E-state index is 13.5. The van der Waals surface area contributed by atoms with E-state index in [2.05, 4.69) is 5.32 Å². The Morgan fingerprint density at radius 1 is 1.42 bits per heavy atom. The summed E-state index contributed by atoms with van der Waals surface area (Å²) in [5.41, 5.74) is 0.548. The van der Waals surface area contributed by atoms with Gasteiger partial charge in [0.2, 0.25) is 5.91 Å². The molecule has 2 N–H and O–H groups in total. The second-order valence-corrected chi connectivity index (χ2v) is 4.87. The molecule has 2 atom stereocenters. The number of hydrogen-bond acceptors (Lipinski definition) is 2. The molecule has 0 aromatic heterocycles. The zero-order chi connectivity index (χ0) is 14.3. The molecule has 0 heterocycles. The number of carbonyl (C=O) groups excluding carboxylic acids is 1. The number of nitrogens with one attached hydrogen (secondary N) is 1. The van der Waals surface area contributed by atoms with Gasteiger partial charge in [-0.1, -0.05) is 38.5 Å². The van der Waals surface area contributed by atoms with Crippen LogP contribution in [0.25, 0.3) is 0 Å². The standard InChI is InChI=1S/C15H22FNO2/c1-3-6-12(18)10-17-15(19)9-11(2)13-7-4-5-8-14(13)16/h4-5,7-8,11-12,18H,3,6,9-10H2,1-2H3,(H,17,19). The van der Waals surface area contributed by atoms with Crippen molar-refractivity contribution in [2.45, 2.75) is 45.1 Å². The Balaban J connectivity index is 2.42. The second-order valence-electron chi connectivity index (χ2n) is 4.87. The smallest absolute Gasteiger partial charge is 0.220 e. The van der Waals surface area contributed by atoms with Crippen LogP contribution in [0.3, 0.4) is 0 Å². The lowest BCUT2D eigenvalue weighted by atomic mass is 9.97. The van der Waals surface area contributed by atoms with E-state index in [9.17, 15) is 14.3 Å². The number of halogens is 1. The van der Waals surface area contributed by atoms with Crippen LogP contribution >= 0.6 is 0 Å². The van der Waals surface area contributed by atoms with Gasteiger partial charge in [-0.15, -0.1) is 0 Å². The van der Waals surface area contributed by atoms with Crippen LogP contribution in [0.1, 0.15) is 44.6 Å². The number of aliphatic hydroxyl groups is 1. The molecule has 19 heavy (non-hydrogen) atoms. The molecule has 1 aromatic carbocycles. The molecular weight excluding hydrogens is 245 g/mol. The van der Waals surface area contributed by atoms with E-state index in [1.807, 2.05) is 13.8 Å². The monoisotopic (exact) mass is 267 g/mol. The van der Waals surface area contributed by atoms with Crippen LogP contribution < -0.4 is 5.32 Å². The maximum Gasteiger partial charge on any atom is 0.220 e. The van der Waals surface area contributed by atoms with Crippen molar-refractivity contribution in [3.05, 3.63) is 35.6 Å². The zero-order valence-electron chi connectivity index (χ0n) is 11.5. The highest BCUT2D eigenvalue weighted by molar-refractivity contribution is 5.76. The van der Waals surface area contributed by atoms with E-state index in [0.29, 0.717) is 12.0 Å². The molecular formula is C15H22FNO2. The summed E-state index contributed by atoms with van der Waals surface area (Å²) in [5, 5.41) is 12.2. The lowest BCUT2D eigenvalue weighted by molar-refractivity contribution is -0.121. The molecule has 0 aliphatic rings. The summed E-state index contributed by atoms with van der Waals surface area (Å²) in [6.07, 6.45) is 1.27. The molecule has 1 aromatic rings. The minimum atomic E-state index is -0.502. The van der Waals surface area contributed by atoms with Crippen molar-refractivity contribution >= 4 is 5.91 Å². The molecule has 0 saturated carbocycles. The Kier molecular flexibility index (Phi) is 6.50. The zero-order valence-corrected chi connectivity index (χ0v) is 11.5. The minimum Gasteiger partial charge on any atom is -0.391 e. The summed E-state index contributed by atoms with van der Waals surface area (Å²) in [6.45, 7) is 4.06. The lowest BCUT2D eigenvalue weighted by Gasteiger charge is -2.14. The summed E-state index contributed by atoms with van der Waals surface area (Å²) in [4.78, 5) is 11.7. The SMILES string of the molecule is CCCC(O)CNC(=O)CC(C)c1ccccc1F. The van der Waals surface area contributed by atoms with Gasteiger partial charge < -0.3 is 10.4 Å². The third kappa shape index (κ3) is 5.39. The molecule has 2 unspecified atom stereocenters. The van der Waals surface area contributed by atoms with Crippen LogP contribution in [0.4, 0.5) is 4.39 Å². The second kappa shape index (κ2) is 7.89. The van der Waals surface area contributed by atoms with Crippen molar-refractivity contribution in [1.29, 1.82) is 0 Å². The van der Waals surface area contributed by atoms with Crippen molar-refractivity contribution in [1.82, 2.24) is 5.32 Å². The van der Waals surface area contributed by atoms with E-state index in [-0.39, 0.29) is 30.6 Å². The Morgan fingerprint density at radius 3 is 2.74 bits per heavy atom. The molecule has 106 valence electrons. The summed E-state index contributed by atoms with van der Waals surface area (Å²) in [5.74, 6) is -0.621. The highest BCUT2D eigenvalue weighted by atomic mass is 19.1. The van der Waals surface area contributed by atoms with Gasteiger partial charge in [0, 0.05) is 13.0 Å². The number of aliphatic hydroxyl groups excluding tert-OH is 1. The lowest BCUT2D eigenvalue weighted by Crippen LogP contribution is -2.32. The van der Waals surface area contributed by atoms with Crippen molar-refractivity contribution in [2.75, 3.05) is 6.54 Å². The first kappa shape index (κ1) is 15.6. The fourth-order valence-electron chi connectivity index (χ4n) is 2.00. The number of rotatable bonds is 7. The largest absolute Gasteiger partial charge is 0.391 e. The van der Waals surface area contributed by atoms with Gasteiger partial charge in [0.15, 0.2) is 0 Å². The Morgan fingerprint density at radius 2 is 2.11 bits per heavy atom. The van der Waals surface area contributed by atoms with Crippen molar-refractivity contribution in [3.63, 3.8) is 0 Å². The highest BCUT2D eigenvalue weighted by Crippen LogP contribution is 2.21. The average molecular weight is 267 g/mol. The van der Waals surface area contributed by atoms with Gasteiger partial charge in [-0.25, -0.2) is 4.39 Å².